The molecule has 0 saturated carbocycles. The second kappa shape index (κ2) is 5.60. The zero-order valence-electron chi connectivity index (χ0n) is 4.39. The summed E-state index contributed by atoms with van der Waals surface area (Å²) in [6, 6.07) is 0. The molecule has 0 rings (SSSR count). The standard InChI is InChI=1S/C2H3Br2F2O3P/c3-1(5)8-10(7)9-2(4)6/h1-2,10H. The van der Waals surface area contributed by atoms with Gasteiger partial charge in [-0.2, -0.15) is 0 Å². The SMILES string of the molecule is O=[PH](OC(F)Br)OC(F)Br. The van der Waals surface area contributed by atoms with Gasteiger partial charge in [-0.05, 0) is 31.9 Å². The Bertz CT molecular complexity index is 109. The van der Waals surface area contributed by atoms with Gasteiger partial charge < -0.3 is 0 Å². The maximum absolute atomic E-state index is 11.7. The first-order chi connectivity index (χ1) is 4.52. The van der Waals surface area contributed by atoms with Gasteiger partial charge in [-0.15, -0.1) is 0 Å². The average molecular weight is 304 g/mol. The van der Waals surface area contributed by atoms with E-state index in [-0.39, 0.29) is 0 Å². The molecule has 0 aromatic carbocycles. The van der Waals surface area contributed by atoms with E-state index in [0.29, 0.717) is 0 Å². The molecule has 0 spiro atoms. The van der Waals surface area contributed by atoms with Crippen LogP contribution in [-0.4, -0.2) is 10.5 Å². The highest BCUT2D eigenvalue weighted by molar-refractivity contribution is 9.09. The molecule has 0 aliphatic heterocycles. The van der Waals surface area contributed by atoms with Crippen LogP contribution in [0.3, 0.4) is 0 Å². The van der Waals surface area contributed by atoms with Gasteiger partial charge in [0.2, 0.25) is 0 Å². The van der Waals surface area contributed by atoms with E-state index in [0.717, 1.165) is 0 Å². The Balaban J connectivity index is 3.44. The molecule has 10 heavy (non-hydrogen) atoms. The lowest BCUT2D eigenvalue weighted by Crippen LogP contribution is -1.93. The first-order valence-corrected chi connectivity index (χ1v) is 5.01. The highest BCUT2D eigenvalue weighted by Gasteiger charge is 2.10. The van der Waals surface area contributed by atoms with Crippen LogP contribution in [0.1, 0.15) is 0 Å². The molecule has 2 unspecified atom stereocenters. The summed E-state index contributed by atoms with van der Waals surface area (Å²) in [6.07, 6.45) is 0. The van der Waals surface area contributed by atoms with Crippen LogP contribution >= 0.6 is 40.1 Å². The molecule has 2 atom stereocenters. The third-order valence-electron chi connectivity index (χ3n) is 0.371. The number of alkyl halides is 4. The molecule has 0 aliphatic rings. The fraction of sp³-hybridized carbons (Fsp3) is 1.00. The molecule has 0 aliphatic carbocycles. The van der Waals surface area contributed by atoms with Crippen molar-refractivity contribution in [2.24, 2.45) is 0 Å². The van der Waals surface area contributed by atoms with E-state index >= 15 is 0 Å². The van der Waals surface area contributed by atoms with Crippen LogP contribution in [0.15, 0.2) is 0 Å². The van der Waals surface area contributed by atoms with E-state index < -0.39 is 18.8 Å². The molecule has 0 radical (unpaired) electrons. The molecular formula is C2H3Br2F2O3P. The molecule has 0 heterocycles. The molecular weight excluding hydrogens is 301 g/mol. The van der Waals surface area contributed by atoms with E-state index in [2.05, 4.69) is 40.9 Å². The van der Waals surface area contributed by atoms with E-state index in [1.54, 1.807) is 0 Å². The zero-order valence-corrected chi connectivity index (χ0v) is 8.56. The zero-order chi connectivity index (χ0) is 8.15. The Labute approximate surface area is 73.3 Å². The summed E-state index contributed by atoms with van der Waals surface area (Å²) < 4.78 is 41.4. The van der Waals surface area contributed by atoms with Gasteiger partial charge in [-0.25, -0.2) is 8.78 Å². The van der Waals surface area contributed by atoms with Crippen molar-refractivity contribution in [2.75, 3.05) is 0 Å². The smallest absolute Gasteiger partial charge is 0.265 e. The minimum absolute atomic E-state index is 1.90. The molecule has 0 aromatic rings. The van der Waals surface area contributed by atoms with Gasteiger partial charge in [0.1, 0.15) is 0 Å². The van der Waals surface area contributed by atoms with Gasteiger partial charge >= 0.3 is 8.25 Å². The van der Waals surface area contributed by atoms with Crippen molar-refractivity contribution >= 4 is 40.1 Å². The Hall–Kier alpha value is 0.970. The van der Waals surface area contributed by atoms with Crippen molar-refractivity contribution in [3.8, 4) is 0 Å². The molecule has 62 valence electrons. The van der Waals surface area contributed by atoms with Gasteiger partial charge in [0.25, 0.3) is 10.5 Å². The van der Waals surface area contributed by atoms with Crippen LogP contribution in [0.5, 0.6) is 0 Å². The average Bonchev–Trinajstić information content (AvgIpc) is 1.58. The molecule has 0 amide bonds. The number of hydrogen-bond acceptors (Lipinski definition) is 3. The molecule has 3 nitrogen and oxygen atoms in total. The van der Waals surface area contributed by atoms with Crippen LogP contribution in [-0.2, 0) is 13.6 Å². The predicted molar refractivity (Wildman–Crippen MR) is 38.8 cm³/mol. The fourth-order valence-corrected chi connectivity index (χ4v) is 1.44. The van der Waals surface area contributed by atoms with Crippen molar-refractivity contribution in [3.05, 3.63) is 0 Å². The summed E-state index contributed by atoms with van der Waals surface area (Å²) in [5, 5.41) is -3.80. The van der Waals surface area contributed by atoms with Gasteiger partial charge in [0.05, 0.1) is 0 Å². The minimum Gasteiger partial charge on any atom is -0.265 e. The lowest BCUT2D eigenvalue weighted by atomic mass is 11.6. The maximum atomic E-state index is 11.7. The highest BCUT2D eigenvalue weighted by Crippen LogP contribution is 2.31. The van der Waals surface area contributed by atoms with Crippen LogP contribution in [0.2, 0.25) is 0 Å². The number of hydrogen-bond donors (Lipinski definition) is 0. The summed E-state index contributed by atoms with van der Waals surface area (Å²) in [7, 11) is -3.08. The first-order valence-electron chi connectivity index (χ1n) is 1.96. The summed E-state index contributed by atoms with van der Waals surface area (Å²) in [4.78, 5) is 0. The van der Waals surface area contributed by atoms with Gasteiger partial charge in [-0.3, -0.25) is 13.6 Å². The van der Waals surface area contributed by atoms with Crippen molar-refractivity contribution in [2.45, 2.75) is 10.5 Å². The van der Waals surface area contributed by atoms with Crippen molar-refractivity contribution in [1.82, 2.24) is 0 Å². The second-order valence-corrected chi connectivity index (χ2v) is 3.42. The lowest BCUT2D eigenvalue weighted by molar-refractivity contribution is 0.0989. The Kier molecular flexibility index (Phi) is 6.14. The second-order valence-electron chi connectivity index (χ2n) is 1.01. The Morgan fingerprint density at radius 2 is 1.50 bits per heavy atom. The van der Waals surface area contributed by atoms with Crippen LogP contribution in [0.4, 0.5) is 8.78 Å². The Morgan fingerprint density at radius 3 is 1.70 bits per heavy atom. The van der Waals surface area contributed by atoms with Crippen molar-refractivity contribution in [1.29, 1.82) is 0 Å². The van der Waals surface area contributed by atoms with Crippen LogP contribution in [0.25, 0.3) is 0 Å². The van der Waals surface area contributed by atoms with Gasteiger partial charge in [0.15, 0.2) is 0 Å². The lowest BCUT2D eigenvalue weighted by Gasteiger charge is -2.03. The normalized spacial score (nSPS) is 20.0. The molecule has 0 aromatic heterocycles. The van der Waals surface area contributed by atoms with E-state index in [1.165, 1.54) is 0 Å². The van der Waals surface area contributed by atoms with Crippen molar-refractivity contribution < 1.29 is 22.4 Å². The van der Waals surface area contributed by atoms with Crippen molar-refractivity contribution in [3.63, 3.8) is 0 Å². The first kappa shape index (κ1) is 11.0. The van der Waals surface area contributed by atoms with E-state index in [4.69, 9.17) is 0 Å². The van der Waals surface area contributed by atoms with E-state index in [1.807, 2.05) is 0 Å². The third-order valence-corrected chi connectivity index (χ3v) is 2.23. The summed E-state index contributed by atoms with van der Waals surface area (Å²) in [5.41, 5.74) is 0. The molecule has 0 fully saturated rings. The fourth-order valence-electron chi connectivity index (χ4n) is 0.173. The largest absolute Gasteiger partial charge is 0.325 e. The van der Waals surface area contributed by atoms with Gasteiger partial charge in [-0.1, -0.05) is 0 Å². The maximum Gasteiger partial charge on any atom is 0.325 e. The number of rotatable bonds is 4. The number of halogens is 4. The quantitative estimate of drug-likeness (QED) is 0.592. The highest BCUT2D eigenvalue weighted by atomic mass is 79.9. The summed E-state index contributed by atoms with van der Waals surface area (Å²) in [6.45, 7) is 0. The molecule has 0 N–H and O–H groups in total. The van der Waals surface area contributed by atoms with Crippen LogP contribution < -0.4 is 0 Å². The molecule has 8 heteroatoms. The Morgan fingerprint density at radius 1 is 1.20 bits per heavy atom. The summed E-state index contributed by atoms with van der Waals surface area (Å²) >= 11 is 4.57. The predicted octanol–water partition coefficient (Wildman–Crippen LogP) is 2.71. The third kappa shape index (κ3) is 7.08. The molecule has 0 saturated heterocycles. The molecule has 0 bridgehead atoms. The minimum atomic E-state index is -3.08. The monoisotopic (exact) mass is 302 g/mol. The topological polar surface area (TPSA) is 35.5 Å². The van der Waals surface area contributed by atoms with E-state index in [9.17, 15) is 13.3 Å². The van der Waals surface area contributed by atoms with Crippen LogP contribution in [0, 0.1) is 0 Å². The summed E-state index contributed by atoms with van der Waals surface area (Å²) in [5.74, 6) is 0. The van der Waals surface area contributed by atoms with Gasteiger partial charge in [0, 0.05) is 0 Å².